The smallest absolute Gasteiger partial charge is 0.508 e. The van der Waals surface area contributed by atoms with Crippen LogP contribution >= 0.6 is 0 Å². The number of rotatable bonds is 2. The number of hydrogen-bond acceptors (Lipinski definition) is 5. The van der Waals surface area contributed by atoms with Gasteiger partial charge in [-0.25, -0.2) is 0 Å². The summed E-state index contributed by atoms with van der Waals surface area (Å²) >= 11 is 0. The minimum Gasteiger partial charge on any atom is -0.508 e. The van der Waals surface area contributed by atoms with Crippen LogP contribution in [0.3, 0.4) is 0 Å². The predicted octanol–water partition coefficient (Wildman–Crippen LogP) is -0.598. The molecule has 4 N–H and O–H groups in total. The Labute approximate surface area is 89.4 Å². The number of hydrogen-bond donors (Lipinski definition) is 4. The Morgan fingerprint density at radius 1 is 1.13 bits per heavy atom. The Hall–Kier alpha value is -1.08. The van der Waals surface area contributed by atoms with Crippen LogP contribution in [-0.4, -0.2) is 46.5 Å². The highest BCUT2D eigenvalue weighted by atomic mass is 16.5. The number of benzene rings is 1. The van der Waals surface area contributed by atoms with Gasteiger partial charge >= 0.3 is 7.32 Å². The fraction of sp³-hybridized carbons (Fsp3) is 0.333. The third kappa shape index (κ3) is 7.96. The van der Waals surface area contributed by atoms with Crippen molar-refractivity contribution in [3.05, 3.63) is 29.8 Å². The van der Waals surface area contributed by atoms with Gasteiger partial charge in [0, 0.05) is 12.1 Å². The highest BCUT2D eigenvalue weighted by Crippen LogP contribution is 2.16. The van der Waals surface area contributed by atoms with Crippen LogP contribution in [0.5, 0.6) is 5.75 Å². The van der Waals surface area contributed by atoms with Gasteiger partial charge in [-0.1, -0.05) is 18.2 Å². The molecule has 0 radical (unpaired) electrons. The largest absolute Gasteiger partial charge is 0.631 e. The Morgan fingerprint density at radius 2 is 1.60 bits per heavy atom. The minimum absolute atomic E-state index is 0.376. The molecular weight excluding hydrogens is 197 g/mol. The van der Waals surface area contributed by atoms with Crippen molar-refractivity contribution < 1.29 is 20.2 Å². The van der Waals surface area contributed by atoms with Crippen molar-refractivity contribution in [2.45, 2.75) is 6.54 Å². The van der Waals surface area contributed by atoms with Gasteiger partial charge in [0.1, 0.15) is 5.75 Å². The topological polar surface area (TPSA) is 84.2 Å². The second-order valence-corrected chi connectivity index (χ2v) is 3.21. The molecule has 0 aromatic heterocycles. The summed E-state index contributed by atoms with van der Waals surface area (Å²) in [5.41, 5.74) is 0.970. The number of phenolic OH excluding ortho intramolecular Hbond substituents is 1. The molecule has 1 aromatic rings. The first kappa shape index (κ1) is 13.9. The molecule has 5 nitrogen and oxygen atoms in total. The maximum absolute atomic E-state index is 9.33. The van der Waals surface area contributed by atoms with Crippen LogP contribution in [0.1, 0.15) is 5.56 Å². The maximum Gasteiger partial charge on any atom is 0.631 e. The van der Waals surface area contributed by atoms with Crippen LogP contribution in [0.2, 0.25) is 0 Å². The molecule has 0 amide bonds. The zero-order valence-electron chi connectivity index (χ0n) is 8.83. The molecule has 0 spiro atoms. The van der Waals surface area contributed by atoms with Gasteiger partial charge in [0.05, 0.1) is 0 Å². The molecule has 1 rings (SSSR count). The van der Waals surface area contributed by atoms with Gasteiger partial charge in [0.15, 0.2) is 0 Å². The van der Waals surface area contributed by atoms with Crippen LogP contribution < -0.4 is 0 Å². The molecule has 0 bridgehead atoms. The van der Waals surface area contributed by atoms with Gasteiger partial charge in [-0.05, 0) is 20.2 Å². The zero-order chi connectivity index (χ0) is 11.8. The number of phenols is 1. The van der Waals surface area contributed by atoms with Crippen LogP contribution in [0.25, 0.3) is 0 Å². The predicted molar refractivity (Wildman–Crippen MR) is 57.9 cm³/mol. The van der Waals surface area contributed by atoms with Crippen LogP contribution in [0, 0.1) is 0 Å². The van der Waals surface area contributed by atoms with E-state index in [4.69, 9.17) is 15.1 Å². The van der Waals surface area contributed by atoms with E-state index in [0.717, 1.165) is 12.1 Å². The average Bonchev–Trinajstić information content (AvgIpc) is 2.07. The van der Waals surface area contributed by atoms with Crippen molar-refractivity contribution in [3.8, 4) is 5.75 Å². The monoisotopic (exact) mass is 213 g/mol. The van der Waals surface area contributed by atoms with E-state index in [2.05, 4.69) is 0 Å². The van der Waals surface area contributed by atoms with Crippen LogP contribution in [0.4, 0.5) is 0 Å². The summed E-state index contributed by atoms with van der Waals surface area (Å²) in [5.74, 6) is 0.376. The summed E-state index contributed by atoms with van der Waals surface area (Å²) in [4.78, 5) is 2.02. The highest BCUT2D eigenvalue weighted by molar-refractivity contribution is 6.30. The lowest BCUT2D eigenvalue weighted by Crippen LogP contribution is -2.10. The molecule has 0 heterocycles. The van der Waals surface area contributed by atoms with Gasteiger partial charge in [-0.15, -0.1) is 0 Å². The Morgan fingerprint density at radius 3 is 2.00 bits per heavy atom. The Kier molecular flexibility index (Phi) is 6.73. The highest BCUT2D eigenvalue weighted by Gasteiger charge is 1.98. The SMILES string of the molecule is CN(C)Cc1ccccc1O.OB(O)O. The third-order valence-electron chi connectivity index (χ3n) is 1.48. The Balaban J connectivity index is 0.000000423. The van der Waals surface area contributed by atoms with Gasteiger partial charge in [-0.3, -0.25) is 0 Å². The lowest BCUT2D eigenvalue weighted by atomic mass is 10.2. The second kappa shape index (κ2) is 7.25. The molecule has 0 unspecified atom stereocenters. The average molecular weight is 213 g/mol. The van der Waals surface area contributed by atoms with Crippen LogP contribution in [-0.2, 0) is 6.54 Å². The molecule has 84 valence electrons. The third-order valence-corrected chi connectivity index (χ3v) is 1.48. The fourth-order valence-corrected chi connectivity index (χ4v) is 0.985. The molecule has 0 aliphatic rings. The second-order valence-electron chi connectivity index (χ2n) is 3.21. The summed E-state index contributed by atoms with van der Waals surface area (Å²) in [7, 11) is 1.79. The van der Waals surface area contributed by atoms with E-state index in [0.29, 0.717) is 5.75 Å². The number of para-hydroxylation sites is 1. The molecule has 0 aliphatic heterocycles. The fourth-order valence-electron chi connectivity index (χ4n) is 0.985. The van der Waals surface area contributed by atoms with Gasteiger partial charge < -0.3 is 25.1 Å². The van der Waals surface area contributed by atoms with Crippen molar-refractivity contribution in [3.63, 3.8) is 0 Å². The van der Waals surface area contributed by atoms with Crippen molar-refractivity contribution in [1.82, 2.24) is 4.90 Å². The van der Waals surface area contributed by atoms with E-state index in [1.165, 1.54) is 0 Å². The van der Waals surface area contributed by atoms with Crippen molar-refractivity contribution >= 4 is 7.32 Å². The molecule has 1 aromatic carbocycles. The van der Waals surface area contributed by atoms with E-state index >= 15 is 0 Å². The summed E-state index contributed by atoms with van der Waals surface area (Å²) in [5, 5.41) is 30.8. The summed E-state index contributed by atoms with van der Waals surface area (Å²) in [6.45, 7) is 0.784. The normalized spacial score (nSPS) is 9.47. The first-order valence-electron chi connectivity index (χ1n) is 4.39. The van der Waals surface area contributed by atoms with Crippen molar-refractivity contribution in [1.29, 1.82) is 0 Å². The molecule has 0 saturated heterocycles. The van der Waals surface area contributed by atoms with Gasteiger partial charge in [-0.2, -0.15) is 0 Å². The lowest BCUT2D eigenvalue weighted by Gasteiger charge is -2.10. The number of nitrogens with zero attached hydrogens (tertiary/aromatic N) is 1. The molecule has 0 aliphatic carbocycles. The van der Waals surface area contributed by atoms with Crippen LogP contribution in [0.15, 0.2) is 24.3 Å². The maximum atomic E-state index is 9.33. The first-order chi connectivity index (χ1) is 6.93. The molecule has 0 saturated carbocycles. The number of aromatic hydroxyl groups is 1. The van der Waals surface area contributed by atoms with Gasteiger partial charge in [0.25, 0.3) is 0 Å². The molecule has 0 atom stereocenters. The molecule has 0 fully saturated rings. The van der Waals surface area contributed by atoms with Gasteiger partial charge in [0.2, 0.25) is 0 Å². The summed E-state index contributed by atoms with van der Waals surface area (Å²) in [6, 6.07) is 7.39. The molecular formula is C9H16BNO4. The zero-order valence-corrected chi connectivity index (χ0v) is 8.83. The summed E-state index contributed by atoms with van der Waals surface area (Å²) in [6.07, 6.45) is 0. The quantitative estimate of drug-likeness (QED) is 0.493. The van der Waals surface area contributed by atoms with E-state index in [1.54, 1.807) is 6.07 Å². The Bertz CT molecular complexity index is 278. The van der Waals surface area contributed by atoms with E-state index in [1.807, 2.05) is 37.2 Å². The lowest BCUT2D eigenvalue weighted by molar-refractivity contribution is 0.278. The minimum atomic E-state index is -2.17. The standard InChI is InChI=1S/C9H13NO.BH3O3/c1-10(2)7-8-5-3-4-6-9(8)11;2-1(3)4/h3-6,11H,7H2,1-2H3;2-4H. The first-order valence-corrected chi connectivity index (χ1v) is 4.39. The van der Waals surface area contributed by atoms with E-state index in [9.17, 15) is 5.11 Å². The summed E-state index contributed by atoms with van der Waals surface area (Å²) < 4.78 is 0. The van der Waals surface area contributed by atoms with E-state index in [-0.39, 0.29) is 0 Å². The molecule has 6 heteroatoms. The van der Waals surface area contributed by atoms with E-state index < -0.39 is 7.32 Å². The van der Waals surface area contributed by atoms with Crippen molar-refractivity contribution in [2.24, 2.45) is 0 Å². The molecule has 15 heavy (non-hydrogen) atoms. The van der Waals surface area contributed by atoms with Crippen molar-refractivity contribution in [2.75, 3.05) is 14.1 Å².